The van der Waals surface area contributed by atoms with Gasteiger partial charge in [0, 0.05) is 56.2 Å². The number of anilines is 1. The van der Waals surface area contributed by atoms with E-state index < -0.39 is 0 Å². The van der Waals surface area contributed by atoms with Gasteiger partial charge in [-0.3, -0.25) is 9.59 Å². The number of rotatable bonds is 5. The molecule has 25 heavy (non-hydrogen) atoms. The summed E-state index contributed by atoms with van der Waals surface area (Å²) in [5.41, 5.74) is 1.25. The van der Waals surface area contributed by atoms with Crippen molar-refractivity contribution in [2.24, 2.45) is 0 Å². The summed E-state index contributed by atoms with van der Waals surface area (Å²) in [5.74, 6) is -0.0736. The number of hydrogen-bond acceptors (Lipinski definition) is 4. The van der Waals surface area contributed by atoms with Gasteiger partial charge in [-0.05, 0) is 31.2 Å². The van der Waals surface area contributed by atoms with Crippen molar-refractivity contribution in [1.82, 2.24) is 19.8 Å². The molecular formula is C18H23N5O2. The molecule has 0 unspecified atom stereocenters. The number of carbonyl (C=O) groups excluding carboxylic acids is 2. The van der Waals surface area contributed by atoms with E-state index in [1.54, 1.807) is 36.8 Å². The third-order valence-electron chi connectivity index (χ3n) is 4.18. The molecule has 2 aromatic rings. The third kappa shape index (κ3) is 4.90. The van der Waals surface area contributed by atoms with Crippen LogP contribution in [0.1, 0.15) is 23.2 Å². The second kappa shape index (κ2) is 8.43. The maximum Gasteiger partial charge on any atom is 0.253 e. The van der Waals surface area contributed by atoms with Crippen molar-refractivity contribution in [2.75, 3.05) is 31.5 Å². The lowest BCUT2D eigenvalue weighted by Crippen LogP contribution is -2.34. The first-order valence-electron chi connectivity index (χ1n) is 8.58. The second-order valence-corrected chi connectivity index (χ2v) is 6.08. The van der Waals surface area contributed by atoms with Gasteiger partial charge >= 0.3 is 0 Å². The number of amides is 2. The van der Waals surface area contributed by atoms with Crippen LogP contribution in [-0.4, -0.2) is 52.4 Å². The molecule has 2 heterocycles. The largest absolute Gasteiger partial charge is 0.337 e. The molecule has 7 heteroatoms. The molecule has 1 aromatic heterocycles. The average molecular weight is 341 g/mol. The first-order valence-corrected chi connectivity index (χ1v) is 8.58. The molecule has 0 bridgehead atoms. The van der Waals surface area contributed by atoms with Crippen LogP contribution < -0.4 is 10.6 Å². The normalized spacial score (nSPS) is 14.8. The monoisotopic (exact) mass is 341 g/mol. The minimum atomic E-state index is -0.0859. The third-order valence-corrected chi connectivity index (χ3v) is 4.18. The number of aromatic nitrogens is 2. The van der Waals surface area contributed by atoms with Crippen LogP contribution in [-0.2, 0) is 11.3 Å². The van der Waals surface area contributed by atoms with Gasteiger partial charge in [0.1, 0.15) is 0 Å². The van der Waals surface area contributed by atoms with Gasteiger partial charge in [0.15, 0.2) is 0 Å². The Kier molecular flexibility index (Phi) is 5.79. The van der Waals surface area contributed by atoms with Crippen LogP contribution in [0.25, 0.3) is 0 Å². The number of carbonyl (C=O) groups is 2. The number of hydrogen-bond donors (Lipinski definition) is 2. The molecule has 132 valence electrons. The zero-order valence-corrected chi connectivity index (χ0v) is 14.1. The van der Waals surface area contributed by atoms with E-state index in [0.717, 1.165) is 26.1 Å². The molecule has 1 fully saturated rings. The maximum atomic E-state index is 12.6. The lowest BCUT2D eigenvalue weighted by molar-refractivity contribution is -0.116. The van der Waals surface area contributed by atoms with E-state index in [1.165, 1.54) is 0 Å². The van der Waals surface area contributed by atoms with E-state index in [1.807, 2.05) is 15.7 Å². The van der Waals surface area contributed by atoms with Gasteiger partial charge in [-0.15, -0.1) is 0 Å². The van der Waals surface area contributed by atoms with Gasteiger partial charge in [-0.2, -0.15) is 0 Å². The SMILES string of the molecule is O=C(CCn1ccnc1)Nc1cccc(C(=O)N2CCCNCC2)c1. The fourth-order valence-electron chi connectivity index (χ4n) is 2.83. The Morgan fingerprint density at radius 1 is 1.24 bits per heavy atom. The topological polar surface area (TPSA) is 79.3 Å². The second-order valence-electron chi connectivity index (χ2n) is 6.08. The highest BCUT2D eigenvalue weighted by Gasteiger charge is 2.17. The van der Waals surface area contributed by atoms with Gasteiger partial charge in [0.2, 0.25) is 5.91 Å². The van der Waals surface area contributed by atoms with Gasteiger partial charge in [0.05, 0.1) is 6.33 Å². The summed E-state index contributed by atoms with van der Waals surface area (Å²) in [7, 11) is 0. The van der Waals surface area contributed by atoms with Crippen LogP contribution in [0, 0.1) is 0 Å². The number of benzene rings is 1. The van der Waals surface area contributed by atoms with Gasteiger partial charge in [-0.25, -0.2) is 4.98 Å². The molecule has 7 nitrogen and oxygen atoms in total. The zero-order chi connectivity index (χ0) is 17.5. The predicted octanol–water partition coefficient (Wildman–Crippen LogP) is 1.35. The molecular weight excluding hydrogens is 318 g/mol. The first kappa shape index (κ1) is 17.2. The van der Waals surface area contributed by atoms with Crippen molar-refractivity contribution in [1.29, 1.82) is 0 Å². The highest BCUT2D eigenvalue weighted by atomic mass is 16.2. The van der Waals surface area contributed by atoms with Crippen LogP contribution in [0.4, 0.5) is 5.69 Å². The fourth-order valence-corrected chi connectivity index (χ4v) is 2.83. The predicted molar refractivity (Wildman–Crippen MR) is 95.3 cm³/mol. The zero-order valence-electron chi connectivity index (χ0n) is 14.1. The molecule has 0 atom stereocenters. The Balaban J connectivity index is 1.58. The molecule has 1 saturated heterocycles. The minimum Gasteiger partial charge on any atom is -0.337 e. The summed E-state index contributed by atoms with van der Waals surface area (Å²) in [5, 5.41) is 6.15. The maximum absolute atomic E-state index is 12.6. The number of imidazole rings is 1. The van der Waals surface area contributed by atoms with Gasteiger partial charge < -0.3 is 20.1 Å². The molecule has 1 aliphatic rings. The standard InChI is InChI=1S/C18H23N5O2/c24-17(5-10-22-11-7-20-14-22)21-16-4-1-3-15(13-16)18(25)23-9-2-6-19-8-12-23/h1,3-4,7,11,13-14,19H,2,5-6,8-10,12H2,(H,21,24). The van der Waals surface area contributed by atoms with Crippen LogP contribution in [0.15, 0.2) is 43.0 Å². The Hall–Kier alpha value is -2.67. The highest BCUT2D eigenvalue weighted by molar-refractivity contribution is 5.97. The minimum absolute atomic E-state index is 0.0122. The number of aryl methyl sites for hydroxylation is 1. The lowest BCUT2D eigenvalue weighted by Gasteiger charge is -2.20. The quantitative estimate of drug-likeness (QED) is 0.860. The lowest BCUT2D eigenvalue weighted by atomic mass is 10.1. The van der Waals surface area contributed by atoms with E-state index in [-0.39, 0.29) is 11.8 Å². The molecule has 0 aliphatic carbocycles. The Morgan fingerprint density at radius 3 is 3.00 bits per heavy atom. The highest BCUT2D eigenvalue weighted by Crippen LogP contribution is 2.14. The van der Waals surface area contributed by atoms with Crippen molar-refractivity contribution < 1.29 is 9.59 Å². The summed E-state index contributed by atoms with van der Waals surface area (Å²) in [6.45, 7) is 3.80. The van der Waals surface area contributed by atoms with Crippen molar-refractivity contribution in [2.45, 2.75) is 19.4 Å². The summed E-state index contributed by atoms with van der Waals surface area (Å²) >= 11 is 0. The van der Waals surface area contributed by atoms with Crippen LogP contribution >= 0.6 is 0 Å². The Morgan fingerprint density at radius 2 is 2.16 bits per heavy atom. The molecule has 1 aromatic carbocycles. The van der Waals surface area contributed by atoms with E-state index in [2.05, 4.69) is 15.6 Å². The number of nitrogens with one attached hydrogen (secondary N) is 2. The van der Waals surface area contributed by atoms with E-state index in [0.29, 0.717) is 30.8 Å². The molecule has 0 spiro atoms. The number of nitrogens with zero attached hydrogens (tertiary/aromatic N) is 3. The Bertz CT molecular complexity index is 706. The van der Waals surface area contributed by atoms with Crippen molar-refractivity contribution in [3.05, 3.63) is 48.5 Å². The smallest absolute Gasteiger partial charge is 0.253 e. The van der Waals surface area contributed by atoms with Crippen molar-refractivity contribution >= 4 is 17.5 Å². The molecule has 2 amide bonds. The first-order chi connectivity index (χ1) is 12.2. The molecule has 0 radical (unpaired) electrons. The Labute approximate surface area is 147 Å². The van der Waals surface area contributed by atoms with Gasteiger partial charge in [0.25, 0.3) is 5.91 Å². The van der Waals surface area contributed by atoms with Crippen molar-refractivity contribution in [3.63, 3.8) is 0 Å². The molecule has 2 N–H and O–H groups in total. The van der Waals surface area contributed by atoms with E-state index in [4.69, 9.17) is 0 Å². The van der Waals surface area contributed by atoms with Crippen molar-refractivity contribution in [3.8, 4) is 0 Å². The van der Waals surface area contributed by atoms with E-state index in [9.17, 15) is 9.59 Å². The van der Waals surface area contributed by atoms with Crippen LogP contribution in [0.5, 0.6) is 0 Å². The molecule has 1 aliphatic heterocycles. The summed E-state index contributed by atoms with van der Waals surface area (Å²) in [6, 6.07) is 7.14. The molecule has 0 saturated carbocycles. The van der Waals surface area contributed by atoms with E-state index >= 15 is 0 Å². The summed E-state index contributed by atoms with van der Waals surface area (Å²) < 4.78 is 1.85. The van der Waals surface area contributed by atoms with Crippen LogP contribution in [0.2, 0.25) is 0 Å². The van der Waals surface area contributed by atoms with Crippen LogP contribution in [0.3, 0.4) is 0 Å². The summed E-state index contributed by atoms with van der Waals surface area (Å²) in [4.78, 5) is 30.5. The molecule has 3 rings (SSSR count). The average Bonchev–Trinajstić information content (AvgIpc) is 3.00. The van der Waals surface area contributed by atoms with Gasteiger partial charge in [-0.1, -0.05) is 6.07 Å². The fraction of sp³-hybridized carbons (Fsp3) is 0.389. The summed E-state index contributed by atoms with van der Waals surface area (Å²) in [6.07, 6.45) is 6.50.